The second kappa shape index (κ2) is 5.54. The van der Waals surface area contributed by atoms with Gasteiger partial charge in [-0.05, 0) is 81.5 Å². The minimum atomic E-state index is 0.652. The van der Waals surface area contributed by atoms with E-state index < -0.39 is 0 Å². The summed E-state index contributed by atoms with van der Waals surface area (Å²) < 4.78 is 2.32. The van der Waals surface area contributed by atoms with Crippen molar-refractivity contribution in [3.63, 3.8) is 0 Å². The number of nitrogens with one attached hydrogen (secondary N) is 1. The minimum Gasteiger partial charge on any atom is -0.380 e. The van der Waals surface area contributed by atoms with Crippen LogP contribution in [-0.2, 0) is 0 Å². The van der Waals surface area contributed by atoms with E-state index in [9.17, 15) is 0 Å². The van der Waals surface area contributed by atoms with Crippen LogP contribution in [0.25, 0.3) is 0 Å². The van der Waals surface area contributed by atoms with Gasteiger partial charge in [0.2, 0.25) is 0 Å². The highest BCUT2D eigenvalue weighted by Gasteiger charge is 2.34. The standard InChI is InChI=1S/C15H19Br2N/c16-13-5-2-6-14(17)15(13)18-12-4-1-3-11(9-12)10-7-8-10/h2,5-6,10-12,18H,1,3-4,7-9H2. The Kier molecular flexibility index (Phi) is 4.00. The lowest BCUT2D eigenvalue weighted by Gasteiger charge is -2.31. The molecule has 2 saturated carbocycles. The summed E-state index contributed by atoms with van der Waals surface area (Å²) >= 11 is 7.28. The van der Waals surface area contributed by atoms with E-state index in [1.807, 2.05) is 0 Å². The van der Waals surface area contributed by atoms with Gasteiger partial charge < -0.3 is 5.32 Å². The fourth-order valence-electron chi connectivity index (χ4n) is 3.19. The van der Waals surface area contributed by atoms with Gasteiger partial charge in [0.05, 0.1) is 5.69 Å². The average molecular weight is 373 g/mol. The summed E-state index contributed by atoms with van der Waals surface area (Å²) in [4.78, 5) is 0. The van der Waals surface area contributed by atoms with Gasteiger partial charge in [0, 0.05) is 15.0 Å². The van der Waals surface area contributed by atoms with Crippen molar-refractivity contribution in [1.29, 1.82) is 0 Å². The highest BCUT2D eigenvalue weighted by atomic mass is 79.9. The van der Waals surface area contributed by atoms with E-state index in [-0.39, 0.29) is 0 Å². The van der Waals surface area contributed by atoms with E-state index in [1.165, 1.54) is 44.2 Å². The minimum absolute atomic E-state index is 0.652. The molecule has 98 valence electrons. The zero-order valence-electron chi connectivity index (χ0n) is 10.5. The van der Waals surface area contributed by atoms with Crippen LogP contribution in [0.1, 0.15) is 38.5 Å². The number of benzene rings is 1. The van der Waals surface area contributed by atoms with Gasteiger partial charge in [-0.25, -0.2) is 0 Å². The molecule has 1 N–H and O–H groups in total. The molecule has 1 aromatic carbocycles. The van der Waals surface area contributed by atoms with Crippen LogP contribution in [0, 0.1) is 11.8 Å². The molecule has 1 aromatic rings. The Morgan fingerprint density at radius 2 is 1.67 bits per heavy atom. The molecule has 18 heavy (non-hydrogen) atoms. The zero-order chi connectivity index (χ0) is 12.5. The highest BCUT2D eigenvalue weighted by Crippen LogP contribution is 2.44. The quantitative estimate of drug-likeness (QED) is 0.728. The first-order valence-electron chi connectivity index (χ1n) is 6.94. The maximum absolute atomic E-state index is 3.74. The second-order valence-electron chi connectivity index (χ2n) is 5.70. The van der Waals surface area contributed by atoms with Gasteiger partial charge in [-0.1, -0.05) is 18.9 Å². The molecule has 3 heteroatoms. The molecule has 2 atom stereocenters. The normalized spacial score (nSPS) is 28.1. The maximum atomic E-state index is 3.74. The fraction of sp³-hybridized carbons (Fsp3) is 0.600. The van der Waals surface area contributed by atoms with Crippen LogP contribution in [0.2, 0.25) is 0 Å². The van der Waals surface area contributed by atoms with Gasteiger partial charge in [-0.2, -0.15) is 0 Å². The van der Waals surface area contributed by atoms with Crippen LogP contribution in [0.5, 0.6) is 0 Å². The largest absolute Gasteiger partial charge is 0.380 e. The molecule has 1 nitrogen and oxygen atoms in total. The van der Waals surface area contributed by atoms with E-state index in [0.29, 0.717) is 6.04 Å². The highest BCUT2D eigenvalue weighted by molar-refractivity contribution is 9.11. The van der Waals surface area contributed by atoms with Crippen LogP contribution in [0.3, 0.4) is 0 Å². The molecular formula is C15H19Br2N. The molecule has 2 aliphatic rings. The lowest BCUT2D eigenvalue weighted by atomic mass is 9.82. The van der Waals surface area contributed by atoms with Crippen LogP contribution in [-0.4, -0.2) is 6.04 Å². The Balaban J connectivity index is 1.68. The van der Waals surface area contributed by atoms with Gasteiger partial charge >= 0.3 is 0 Å². The summed E-state index contributed by atoms with van der Waals surface area (Å²) in [7, 11) is 0. The van der Waals surface area contributed by atoms with E-state index in [0.717, 1.165) is 20.8 Å². The molecule has 0 aliphatic heterocycles. The number of para-hydroxylation sites is 1. The van der Waals surface area contributed by atoms with Crippen molar-refractivity contribution in [2.45, 2.75) is 44.6 Å². The smallest absolute Gasteiger partial charge is 0.0631 e. The lowest BCUT2D eigenvalue weighted by molar-refractivity contribution is 0.303. The summed E-state index contributed by atoms with van der Waals surface area (Å²) in [5.74, 6) is 2.04. The summed E-state index contributed by atoms with van der Waals surface area (Å²) in [5.41, 5.74) is 1.22. The summed E-state index contributed by atoms with van der Waals surface area (Å²) in [6.07, 6.45) is 8.49. The summed E-state index contributed by atoms with van der Waals surface area (Å²) in [5, 5.41) is 3.74. The lowest BCUT2D eigenvalue weighted by Crippen LogP contribution is -2.28. The third-order valence-electron chi connectivity index (χ3n) is 4.31. The molecule has 0 bridgehead atoms. The van der Waals surface area contributed by atoms with Gasteiger partial charge in [0.15, 0.2) is 0 Å². The predicted molar refractivity (Wildman–Crippen MR) is 83.9 cm³/mol. The number of hydrogen-bond donors (Lipinski definition) is 1. The van der Waals surface area contributed by atoms with E-state index in [2.05, 4.69) is 55.4 Å². The monoisotopic (exact) mass is 371 g/mol. The van der Waals surface area contributed by atoms with Crippen molar-refractivity contribution in [2.24, 2.45) is 11.8 Å². The molecule has 0 aromatic heterocycles. The molecule has 0 spiro atoms. The molecule has 2 fully saturated rings. The van der Waals surface area contributed by atoms with E-state index >= 15 is 0 Å². The first kappa shape index (κ1) is 13.0. The second-order valence-corrected chi connectivity index (χ2v) is 7.41. The van der Waals surface area contributed by atoms with Crippen LogP contribution < -0.4 is 5.32 Å². The number of hydrogen-bond acceptors (Lipinski definition) is 1. The van der Waals surface area contributed by atoms with Crippen molar-refractivity contribution in [3.05, 3.63) is 27.1 Å². The van der Waals surface area contributed by atoms with Crippen molar-refractivity contribution in [3.8, 4) is 0 Å². The van der Waals surface area contributed by atoms with Crippen LogP contribution in [0.15, 0.2) is 27.1 Å². The number of anilines is 1. The molecule has 0 radical (unpaired) electrons. The molecule has 2 aliphatic carbocycles. The van der Waals surface area contributed by atoms with Crippen LogP contribution in [0.4, 0.5) is 5.69 Å². The van der Waals surface area contributed by atoms with Gasteiger partial charge in [0.25, 0.3) is 0 Å². The van der Waals surface area contributed by atoms with Crippen molar-refractivity contribution in [1.82, 2.24) is 0 Å². The van der Waals surface area contributed by atoms with E-state index in [4.69, 9.17) is 0 Å². The fourth-order valence-corrected chi connectivity index (χ4v) is 4.42. The van der Waals surface area contributed by atoms with E-state index in [1.54, 1.807) is 0 Å². The Morgan fingerprint density at radius 1 is 0.944 bits per heavy atom. The Labute approximate surface area is 126 Å². The van der Waals surface area contributed by atoms with Crippen molar-refractivity contribution in [2.75, 3.05) is 5.32 Å². The molecule has 0 saturated heterocycles. The molecule has 3 rings (SSSR count). The third kappa shape index (κ3) is 2.93. The number of rotatable bonds is 3. The third-order valence-corrected chi connectivity index (χ3v) is 5.64. The van der Waals surface area contributed by atoms with Crippen LogP contribution >= 0.6 is 31.9 Å². The first-order valence-corrected chi connectivity index (χ1v) is 8.53. The Bertz CT molecular complexity index is 408. The SMILES string of the molecule is Brc1cccc(Br)c1NC1CCCC(C2CC2)C1. The molecule has 0 amide bonds. The first-order chi connectivity index (χ1) is 8.74. The molecule has 0 heterocycles. The summed E-state index contributed by atoms with van der Waals surface area (Å²) in [6.45, 7) is 0. The van der Waals surface area contributed by atoms with Crippen molar-refractivity contribution >= 4 is 37.5 Å². The van der Waals surface area contributed by atoms with Gasteiger partial charge in [-0.3, -0.25) is 0 Å². The van der Waals surface area contributed by atoms with Gasteiger partial charge in [-0.15, -0.1) is 0 Å². The Morgan fingerprint density at radius 3 is 2.33 bits per heavy atom. The predicted octanol–water partition coefficient (Wildman–Crippen LogP) is 5.59. The topological polar surface area (TPSA) is 12.0 Å². The van der Waals surface area contributed by atoms with Crippen molar-refractivity contribution < 1.29 is 0 Å². The summed E-state index contributed by atoms with van der Waals surface area (Å²) in [6, 6.07) is 6.93. The average Bonchev–Trinajstić information content (AvgIpc) is 3.19. The maximum Gasteiger partial charge on any atom is 0.0631 e. The Hall–Kier alpha value is -0.0200. The molecular weight excluding hydrogens is 354 g/mol. The number of halogens is 2. The zero-order valence-corrected chi connectivity index (χ0v) is 13.6. The van der Waals surface area contributed by atoms with Gasteiger partial charge in [0.1, 0.15) is 0 Å². The molecule has 2 unspecified atom stereocenters.